The van der Waals surface area contributed by atoms with E-state index in [-0.39, 0.29) is 11.0 Å². The van der Waals surface area contributed by atoms with Crippen molar-refractivity contribution in [1.82, 2.24) is 0 Å². The third-order valence-electron chi connectivity index (χ3n) is 4.77. The minimum Gasteiger partial charge on any atom is -0.374 e. The van der Waals surface area contributed by atoms with Crippen molar-refractivity contribution in [2.45, 2.75) is 44.1 Å². The zero-order chi connectivity index (χ0) is 14.8. The van der Waals surface area contributed by atoms with Crippen LogP contribution in [-0.2, 0) is 10.2 Å². The van der Waals surface area contributed by atoms with Gasteiger partial charge in [-0.05, 0) is 30.9 Å². The van der Waals surface area contributed by atoms with Gasteiger partial charge in [-0.25, -0.2) is 0 Å². The molecule has 3 rings (SSSR count). The Morgan fingerprint density at radius 3 is 1.90 bits per heavy atom. The van der Waals surface area contributed by atoms with Crippen LogP contribution in [0.25, 0.3) is 0 Å². The monoisotopic (exact) mass is 280 g/mol. The molecule has 0 spiro atoms. The Morgan fingerprint density at radius 1 is 0.905 bits per heavy atom. The van der Waals surface area contributed by atoms with Crippen LogP contribution in [0.4, 0.5) is 0 Å². The molecule has 1 heterocycles. The fraction of sp³-hybridized carbons (Fsp3) is 0.400. The largest absolute Gasteiger partial charge is 0.374 e. The molecule has 1 nitrogen and oxygen atoms in total. The fourth-order valence-corrected chi connectivity index (χ4v) is 3.78. The van der Waals surface area contributed by atoms with Crippen molar-refractivity contribution in [3.8, 4) is 0 Å². The van der Waals surface area contributed by atoms with E-state index in [0.717, 1.165) is 25.9 Å². The van der Waals surface area contributed by atoms with E-state index in [2.05, 4.69) is 74.5 Å². The van der Waals surface area contributed by atoms with Gasteiger partial charge in [-0.15, -0.1) is 0 Å². The van der Waals surface area contributed by atoms with Crippen LogP contribution in [0.1, 0.15) is 44.2 Å². The molecule has 2 aromatic carbocycles. The molecule has 21 heavy (non-hydrogen) atoms. The molecule has 0 saturated carbocycles. The zero-order valence-electron chi connectivity index (χ0n) is 13.0. The molecule has 1 heteroatoms. The third kappa shape index (κ3) is 2.63. The van der Waals surface area contributed by atoms with Gasteiger partial charge in [-0.3, -0.25) is 0 Å². The van der Waals surface area contributed by atoms with E-state index in [0.29, 0.717) is 0 Å². The second kappa shape index (κ2) is 5.65. The lowest BCUT2D eigenvalue weighted by molar-refractivity contribution is 0.0115. The third-order valence-corrected chi connectivity index (χ3v) is 4.77. The topological polar surface area (TPSA) is 9.23 Å². The highest BCUT2D eigenvalue weighted by Gasteiger charge is 2.48. The van der Waals surface area contributed by atoms with Crippen molar-refractivity contribution in [2.24, 2.45) is 0 Å². The van der Waals surface area contributed by atoms with Crippen molar-refractivity contribution in [1.29, 1.82) is 0 Å². The Labute approximate surface area is 128 Å². The number of benzene rings is 2. The predicted molar refractivity (Wildman–Crippen MR) is 87.5 cm³/mol. The molecule has 1 fully saturated rings. The molecule has 1 unspecified atom stereocenters. The average molecular weight is 280 g/mol. The van der Waals surface area contributed by atoms with Crippen LogP contribution in [0.5, 0.6) is 0 Å². The van der Waals surface area contributed by atoms with Gasteiger partial charge in [0.2, 0.25) is 0 Å². The van der Waals surface area contributed by atoms with Gasteiger partial charge in [0.1, 0.15) is 0 Å². The molecule has 0 aromatic heterocycles. The number of hydrogen-bond acceptors (Lipinski definition) is 1. The first kappa shape index (κ1) is 14.3. The van der Waals surface area contributed by atoms with Crippen LogP contribution in [0, 0.1) is 0 Å². The summed E-state index contributed by atoms with van der Waals surface area (Å²) in [6.45, 7) is 5.28. The Kier molecular flexibility index (Phi) is 3.86. The maximum Gasteiger partial charge on any atom is 0.0667 e. The van der Waals surface area contributed by atoms with Crippen molar-refractivity contribution >= 4 is 0 Å². The SMILES string of the molecule is CCCC1(C)CC(c2ccccc2)(c2ccccc2)CO1. The molecule has 2 aromatic rings. The van der Waals surface area contributed by atoms with Crippen molar-refractivity contribution in [2.75, 3.05) is 6.61 Å². The summed E-state index contributed by atoms with van der Waals surface area (Å²) in [5.74, 6) is 0. The van der Waals surface area contributed by atoms with Crippen molar-refractivity contribution < 1.29 is 4.74 Å². The minimum atomic E-state index is -0.0135. The van der Waals surface area contributed by atoms with Crippen LogP contribution < -0.4 is 0 Å². The smallest absolute Gasteiger partial charge is 0.0667 e. The van der Waals surface area contributed by atoms with E-state index in [1.807, 2.05) is 0 Å². The molecule has 0 aliphatic carbocycles. The lowest BCUT2D eigenvalue weighted by atomic mass is 9.70. The average Bonchev–Trinajstić information content (AvgIpc) is 2.89. The van der Waals surface area contributed by atoms with Gasteiger partial charge in [-0.2, -0.15) is 0 Å². The Hall–Kier alpha value is -1.60. The summed E-state index contributed by atoms with van der Waals surface area (Å²) in [6, 6.07) is 21.7. The van der Waals surface area contributed by atoms with Crippen LogP contribution in [0.3, 0.4) is 0 Å². The van der Waals surface area contributed by atoms with Crippen LogP contribution >= 0.6 is 0 Å². The molecule has 110 valence electrons. The normalized spacial score (nSPS) is 24.1. The summed E-state index contributed by atoms with van der Waals surface area (Å²) >= 11 is 0. The Bertz CT molecular complexity index is 536. The summed E-state index contributed by atoms with van der Waals surface area (Å²) in [5, 5.41) is 0. The first-order valence-electron chi connectivity index (χ1n) is 7.94. The lowest BCUT2D eigenvalue weighted by Crippen LogP contribution is -2.30. The van der Waals surface area contributed by atoms with E-state index in [1.165, 1.54) is 11.1 Å². The standard InChI is InChI=1S/C20H24O/c1-3-14-19(2)15-20(16-21-19,17-10-6-4-7-11-17)18-12-8-5-9-13-18/h4-13H,3,14-16H2,1-2H3. The highest BCUT2D eigenvalue weighted by molar-refractivity contribution is 5.41. The second-order valence-electron chi connectivity index (χ2n) is 6.48. The summed E-state index contributed by atoms with van der Waals surface area (Å²) in [4.78, 5) is 0. The predicted octanol–water partition coefficient (Wildman–Crippen LogP) is 4.95. The lowest BCUT2D eigenvalue weighted by Gasteiger charge is -2.31. The minimum absolute atomic E-state index is 0.00750. The fourth-order valence-electron chi connectivity index (χ4n) is 3.78. The molecule has 0 amide bonds. The summed E-state index contributed by atoms with van der Waals surface area (Å²) in [6.07, 6.45) is 3.34. The van der Waals surface area contributed by atoms with Gasteiger partial charge in [0.15, 0.2) is 0 Å². The van der Waals surface area contributed by atoms with Crippen LogP contribution in [0.2, 0.25) is 0 Å². The van der Waals surface area contributed by atoms with Crippen molar-refractivity contribution in [3.63, 3.8) is 0 Å². The van der Waals surface area contributed by atoms with Crippen molar-refractivity contribution in [3.05, 3.63) is 71.8 Å². The van der Waals surface area contributed by atoms with Gasteiger partial charge < -0.3 is 4.74 Å². The Balaban J connectivity index is 2.06. The van der Waals surface area contributed by atoms with E-state index in [9.17, 15) is 0 Å². The van der Waals surface area contributed by atoms with Gasteiger partial charge in [0, 0.05) is 5.41 Å². The van der Waals surface area contributed by atoms with E-state index in [4.69, 9.17) is 4.74 Å². The first-order valence-corrected chi connectivity index (χ1v) is 7.94. The van der Waals surface area contributed by atoms with Crippen LogP contribution in [0.15, 0.2) is 60.7 Å². The van der Waals surface area contributed by atoms with Crippen LogP contribution in [-0.4, -0.2) is 12.2 Å². The quantitative estimate of drug-likeness (QED) is 0.770. The molecule has 1 saturated heterocycles. The molecule has 0 N–H and O–H groups in total. The number of rotatable bonds is 4. The maximum absolute atomic E-state index is 6.31. The molecular formula is C20H24O. The first-order chi connectivity index (χ1) is 10.2. The molecular weight excluding hydrogens is 256 g/mol. The van der Waals surface area contributed by atoms with Gasteiger partial charge >= 0.3 is 0 Å². The zero-order valence-corrected chi connectivity index (χ0v) is 13.0. The highest BCUT2D eigenvalue weighted by Crippen LogP contribution is 2.47. The molecule has 0 radical (unpaired) electrons. The number of ether oxygens (including phenoxy) is 1. The maximum atomic E-state index is 6.31. The second-order valence-corrected chi connectivity index (χ2v) is 6.48. The summed E-state index contributed by atoms with van der Waals surface area (Å²) < 4.78 is 6.31. The van der Waals surface area contributed by atoms with E-state index >= 15 is 0 Å². The summed E-state index contributed by atoms with van der Waals surface area (Å²) in [5.41, 5.74) is 2.72. The van der Waals surface area contributed by atoms with Gasteiger partial charge in [0.05, 0.1) is 12.2 Å². The molecule has 1 atom stereocenters. The number of hydrogen-bond donors (Lipinski definition) is 0. The van der Waals surface area contributed by atoms with E-state index < -0.39 is 0 Å². The summed E-state index contributed by atoms with van der Waals surface area (Å²) in [7, 11) is 0. The van der Waals surface area contributed by atoms with E-state index in [1.54, 1.807) is 0 Å². The molecule has 1 aliphatic heterocycles. The Morgan fingerprint density at radius 2 is 1.43 bits per heavy atom. The molecule has 0 bridgehead atoms. The highest BCUT2D eigenvalue weighted by atomic mass is 16.5. The van der Waals surface area contributed by atoms with Gasteiger partial charge in [-0.1, -0.05) is 74.0 Å². The van der Waals surface area contributed by atoms with Gasteiger partial charge in [0.25, 0.3) is 0 Å². The molecule has 1 aliphatic rings.